The molecule has 7 heteroatoms. The zero-order valence-electron chi connectivity index (χ0n) is 14.5. The van der Waals surface area contributed by atoms with Crippen LogP contribution in [0.3, 0.4) is 0 Å². The molecule has 3 amide bonds. The predicted molar refractivity (Wildman–Crippen MR) is 91.7 cm³/mol. The number of piperidine rings is 1. The Morgan fingerprint density at radius 1 is 1.36 bits per heavy atom. The summed E-state index contributed by atoms with van der Waals surface area (Å²) < 4.78 is 5.81. The summed E-state index contributed by atoms with van der Waals surface area (Å²) in [5, 5.41) is 2.88. The number of hydrogen-bond acceptors (Lipinski definition) is 5. The topological polar surface area (TPSA) is 78.7 Å². The highest BCUT2D eigenvalue weighted by Gasteiger charge is 2.51. The van der Waals surface area contributed by atoms with Crippen LogP contribution in [0.25, 0.3) is 11.1 Å². The van der Waals surface area contributed by atoms with Crippen molar-refractivity contribution in [1.29, 1.82) is 0 Å². The Morgan fingerprint density at radius 2 is 2.16 bits per heavy atom. The van der Waals surface area contributed by atoms with Gasteiger partial charge in [0.15, 0.2) is 5.58 Å². The zero-order chi connectivity index (χ0) is 17.6. The molecule has 0 radical (unpaired) electrons. The maximum Gasteiger partial charge on any atom is 0.324 e. The van der Waals surface area contributed by atoms with Crippen molar-refractivity contribution in [2.24, 2.45) is 5.92 Å². The number of carbonyl (C=O) groups excluding carboxylic acids is 2. The number of amides is 3. The van der Waals surface area contributed by atoms with E-state index >= 15 is 0 Å². The largest absolute Gasteiger partial charge is 0.439 e. The molecule has 2 aliphatic rings. The first kappa shape index (κ1) is 16.1. The van der Waals surface area contributed by atoms with Crippen molar-refractivity contribution in [3.8, 4) is 0 Å². The SMILES string of the molecule is CN1C(=O)N[C@](C)([C@H]2CCCN(Cc3nc4ccccc4o3)C2)C1=O. The monoisotopic (exact) mass is 342 g/mol. The van der Waals surface area contributed by atoms with E-state index < -0.39 is 5.54 Å². The highest BCUT2D eigenvalue weighted by Crippen LogP contribution is 2.32. The van der Waals surface area contributed by atoms with Crippen LogP contribution >= 0.6 is 0 Å². The molecule has 2 atom stereocenters. The molecule has 25 heavy (non-hydrogen) atoms. The van der Waals surface area contributed by atoms with Gasteiger partial charge in [-0.2, -0.15) is 0 Å². The third-order valence-electron chi connectivity index (χ3n) is 5.44. The maximum absolute atomic E-state index is 12.5. The number of likely N-dealkylation sites (N-methyl/N-ethyl adjacent to an activating group) is 1. The number of para-hydroxylation sites is 2. The Bertz CT molecular complexity index is 800. The third-order valence-corrected chi connectivity index (χ3v) is 5.44. The summed E-state index contributed by atoms with van der Waals surface area (Å²) in [6, 6.07) is 7.40. The fourth-order valence-corrected chi connectivity index (χ4v) is 3.93. The summed E-state index contributed by atoms with van der Waals surface area (Å²) in [7, 11) is 1.53. The van der Waals surface area contributed by atoms with Crippen LogP contribution in [0.1, 0.15) is 25.7 Å². The Balaban J connectivity index is 1.49. The molecule has 132 valence electrons. The van der Waals surface area contributed by atoms with Crippen LogP contribution in [0.5, 0.6) is 0 Å². The number of urea groups is 1. The average Bonchev–Trinajstić information content (AvgIpc) is 3.10. The van der Waals surface area contributed by atoms with Crippen molar-refractivity contribution >= 4 is 23.0 Å². The number of nitrogens with zero attached hydrogens (tertiary/aromatic N) is 3. The highest BCUT2D eigenvalue weighted by molar-refractivity contribution is 6.06. The van der Waals surface area contributed by atoms with Gasteiger partial charge < -0.3 is 9.73 Å². The summed E-state index contributed by atoms with van der Waals surface area (Å²) in [4.78, 5) is 32.3. The van der Waals surface area contributed by atoms with Crippen LogP contribution in [0.2, 0.25) is 0 Å². The van der Waals surface area contributed by atoms with E-state index in [4.69, 9.17) is 4.42 Å². The lowest BCUT2D eigenvalue weighted by molar-refractivity contribution is -0.132. The summed E-state index contributed by atoms with van der Waals surface area (Å²) in [6.07, 6.45) is 1.90. The predicted octanol–water partition coefficient (Wildman–Crippen LogP) is 1.98. The van der Waals surface area contributed by atoms with Gasteiger partial charge >= 0.3 is 6.03 Å². The van der Waals surface area contributed by atoms with E-state index in [0.29, 0.717) is 12.4 Å². The molecule has 0 saturated carbocycles. The molecule has 2 fully saturated rings. The molecule has 3 heterocycles. The van der Waals surface area contributed by atoms with Gasteiger partial charge in [0.05, 0.1) is 6.54 Å². The molecular formula is C18H22N4O3. The Hall–Kier alpha value is -2.41. The first-order valence-corrected chi connectivity index (χ1v) is 8.64. The fraction of sp³-hybridized carbons (Fsp3) is 0.500. The van der Waals surface area contributed by atoms with E-state index in [9.17, 15) is 9.59 Å². The van der Waals surface area contributed by atoms with Crippen LogP contribution in [-0.4, -0.2) is 52.4 Å². The number of likely N-dealkylation sites (tertiary alicyclic amines) is 1. The number of nitrogens with one attached hydrogen (secondary N) is 1. The van der Waals surface area contributed by atoms with Crippen LogP contribution in [0.4, 0.5) is 4.79 Å². The number of carbonyl (C=O) groups is 2. The van der Waals surface area contributed by atoms with E-state index in [1.54, 1.807) is 0 Å². The minimum absolute atomic E-state index is 0.0760. The Kier molecular flexibility index (Phi) is 3.76. The molecule has 0 spiro atoms. The molecule has 2 aliphatic heterocycles. The molecule has 1 N–H and O–H groups in total. The lowest BCUT2D eigenvalue weighted by Crippen LogP contribution is -2.55. The van der Waals surface area contributed by atoms with Gasteiger partial charge in [0.25, 0.3) is 5.91 Å². The average molecular weight is 342 g/mol. The minimum atomic E-state index is -0.828. The highest BCUT2D eigenvalue weighted by atomic mass is 16.3. The van der Waals surface area contributed by atoms with Gasteiger partial charge in [-0.25, -0.2) is 9.78 Å². The zero-order valence-corrected chi connectivity index (χ0v) is 14.5. The third kappa shape index (κ3) is 2.68. The van der Waals surface area contributed by atoms with E-state index in [1.165, 1.54) is 11.9 Å². The molecule has 4 rings (SSSR count). The molecule has 0 bridgehead atoms. The number of rotatable bonds is 3. The molecule has 0 aliphatic carbocycles. The van der Waals surface area contributed by atoms with Gasteiger partial charge in [0.2, 0.25) is 5.89 Å². The van der Waals surface area contributed by atoms with Crippen molar-refractivity contribution in [3.63, 3.8) is 0 Å². The quantitative estimate of drug-likeness (QED) is 0.863. The second-order valence-corrected chi connectivity index (χ2v) is 7.15. The second kappa shape index (κ2) is 5.84. The summed E-state index contributed by atoms with van der Waals surface area (Å²) in [5.41, 5.74) is 0.821. The van der Waals surface area contributed by atoms with Gasteiger partial charge in [0.1, 0.15) is 11.1 Å². The normalized spacial score (nSPS) is 27.9. The van der Waals surface area contributed by atoms with E-state index in [1.807, 2.05) is 31.2 Å². The number of imide groups is 1. The van der Waals surface area contributed by atoms with Crippen molar-refractivity contribution in [2.45, 2.75) is 31.8 Å². The first-order valence-electron chi connectivity index (χ1n) is 8.64. The van der Waals surface area contributed by atoms with Crippen molar-refractivity contribution < 1.29 is 14.0 Å². The van der Waals surface area contributed by atoms with E-state index in [2.05, 4.69) is 15.2 Å². The molecule has 7 nitrogen and oxygen atoms in total. The van der Waals surface area contributed by atoms with Gasteiger partial charge in [-0.3, -0.25) is 14.6 Å². The summed E-state index contributed by atoms with van der Waals surface area (Å²) in [5.74, 6) is 0.615. The molecule has 1 aromatic carbocycles. The standard InChI is InChI=1S/C18H22N4O3/c1-18(16(23)21(2)17(24)20-18)12-6-5-9-22(10-12)11-15-19-13-7-3-4-8-14(13)25-15/h3-4,7-8,12H,5-6,9-11H2,1-2H3,(H,20,24)/t12-,18+/m0/s1. The number of aromatic nitrogens is 1. The molecule has 1 aromatic heterocycles. The second-order valence-electron chi connectivity index (χ2n) is 7.15. The maximum atomic E-state index is 12.5. The van der Waals surface area contributed by atoms with Crippen molar-refractivity contribution in [1.82, 2.24) is 20.1 Å². The van der Waals surface area contributed by atoms with Crippen LogP contribution in [-0.2, 0) is 11.3 Å². The molecule has 0 unspecified atom stereocenters. The Labute approximate surface area is 146 Å². The van der Waals surface area contributed by atoms with Crippen LogP contribution in [0, 0.1) is 5.92 Å². The number of hydrogen-bond donors (Lipinski definition) is 1. The van der Waals surface area contributed by atoms with Gasteiger partial charge in [-0.1, -0.05) is 12.1 Å². The molecule has 2 saturated heterocycles. The van der Waals surface area contributed by atoms with Crippen molar-refractivity contribution in [2.75, 3.05) is 20.1 Å². The first-order chi connectivity index (χ1) is 12.0. The smallest absolute Gasteiger partial charge is 0.324 e. The van der Waals surface area contributed by atoms with E-state index in [0.717, 1.165) is 37.0 Å². The van der Waals surface area contributed by atoms with Crippen molar-refractivity contribution in [3.05, 3.63) is 30.2 Å². The summed E-state index contributed by atoms with van der Waals surface area (Å²) >= 11 is 0. The van der Waals surface area contributed by atoms with Gasteiger partial charge in [-0.15, -0.1) is 0 Å². The number of oxazole rings is 1. The lowest BCUT2D eigenvalue weighted by Gasteiger charge is -2.39. The van der Waals surface area contributed by atoms with Crippen LogP contribution < -0.4 is 5.32 Å². The van der Waals surface area contributed by atoms with Crippen LogP contribution in [0.15, 0.2) is 28.7 Å². The number of benzene rings is 1. The van der Waals surface area contributed by atoms with E-state index in [-0.39, 0.29) is 17.9 Å². The minimum Gasteiger partial charge on any atom is -0.439 e. The van der Waals surface area contributed by atoms with Gasteiger partial charge in [0, 0.05) is 19.5 Å². The molecule has 2 aromatic rings. The lowest BCUT2D eigenvalue weighted by atomic mass is 9.80. The Morgan fingerprint density at radius 3 is 2.88 bits per heavy atom. The summed E-state index contributed by atoms with van der Waals surface area (Å²) in [6.45, 7) is 4.11. The van der Waals surface area contributed by atoms with Gasteiger partial charge in [-0.05, 0) is 38.4 Å². The molecular weight excluding hydrogens is 320 g/mol. The fourth-order valence-electron chi connectivity index (χ4n) is 3.93. The number of fused-ring (bicyclic) bond motifs is 1.